The fourth-order valence-corrected chi connectivity index (χ4v) is 3.96. The van der Waals surface area contributed by atoms with Crippen molar-refractivity contribution in [3.63, 3.8) is 0 Å². The van der Waals surface area contributed by atoms with Crippen LogP contribution in [0.15, 0.2) is 22.6 Å². The molecule has 2 fully saturated rings. The normalized spacial score (nSPS) is 20.9. The van der Waals surface area contributed by atoms with Crippen molar-refractivity contribution in [2.45, 2.75) is 19.8 Å². The van der Waals surface area contributed by atoms with Gasteiger partial charge in [0.2, 0.25) is 5.91 Å². The van der Waals surface area contributed by atoms with Crippen LogP contribution in [0.25, 0.3) is 11.0 Å². The number of likely N-dealkylation sites (tertiary alicyclic amines) is 1. The van der Waals surface area contributed by atoms with Crippen molar-refractivity contribution >= 4 is 22.8 Å². The van der Waals surface area contributed by atoms with Crippen molar-refractivity contribution < 1.29 is 23.1 Å². The molecule has 2 amide bonds. The summed E-state index contributed by atoms with van der Waals surface area (Å²) >= 11 is 0. The second kappa shape index (κ2) is 7.31. The predicted octanol–water partition coefficient (Wildman–Crippen LogP) is 2.59. The van der Waals surface area contributed by atoms with E-state index in [9.17, 15) is 14.0 Å². The number of carbonyl (C=O) groups excluding carboxylic acids is 2. The molecule has 144 valence electrons. The van der Waals surface area contributed by atoms with E-state index in [1.165, 1.54) is 6.07 Å². The molecule has 0 radical (unpaired) electrons. The highest BCUT2D eigenvalue weighted by atomic mass is 19.1. The molecule has 0 spiro atoms. The summed E-state index contributed by atoms with van der Waals surface area (Å²) in [6, 6.07) is 4.67. The number of rotatable bonds is 2. The zero-order valence-electron chi connectivity index (χ0n) is 15.4. The van der Waals surface area contributed by atoms with Crippen molar-refractivity contribution in [1.82, 2.24) is 9.80 Å². The third-order valence-electron chi connectivity index (χ3n) is 5.49. The molecule has 2 aliphatic heterocycles. The minimum Gasteiger partial charge on any atom is -0.448 e. The van der Waals surface area contributed by atoms with Gasteiger partial charge in [-0.15, -0.1) is 0 Å². The molecule has 3 heterocycles. The highest BCUT2D eigenvalue weighted by molar-refractivity contribution is 5.99. The molecule has 0 aliphatic carbocycles. The summed E-state index contributed by atoms with van der Waals surface area (Å²) in [7, 11) is 0. The van der Waals surface area contributed by atoms with E-state index in [-0.39, 0.29) is 29.1 Å². The van der Waals surface area contributed by atoms with Gasteiger partial charge >= 0.3 is 0 Å². The number of aryl methyl sites for hydroxylation is 1. The largest absolute Gasteiger partial charge is 0.448 e. The Labute approximate surface area is 156 Å². The number of amides is 2. The molecular weight excluding hydrogens is 351 g/mol. The predicted molar refractivity (Wildman–Crippen MR) is 96.9 cm³/mol. The Kier molecular flexibility index (Phi) is 4.86. The maximum atomic E-state index is 14.0. The summed E-state index contributed by atoms with van der Waals surface area (Å²) in [4.78, 5) is 29.3. The lowest BCUT2D eigenvalue weighted by Crippen LogP contribution is -2.49. The molecule has 2 aliphatic rings. The fraction of sp³-hybridized carbons (Fsp3) is 0.500. The van der Waals surface area contributed by atoms with Crippen LogP contribution >= 0.6 is 0 Å². The van der Waals surface area contributed by atoms with Crippen LogP contribution in [0.3, 0.4) is 0 Å². The van der Waals surface area contributed by atoms with Crippen LogP contribution in [0.2, 0.25) is 0 Å². The third kappa shape index (κ3) is 3.32. The first-order valence-corrected chi connectivity index (χ1v) is 9.39. The molecule has 0 unspecified atom stereocenters. The molecule has 0 saturated carbocycles. The number of hydrogen-bond acceptors (Lipinski definition) is 4. The Bertz CT molecular complexity index is 872. The van der Waals surface area contributed by atoms with E-state index in [0.29, 0.717) is 50.3 Å². The van der Waals surface area contributed by atoms with E-state index in [0.717, 1.165) is 12.8 Å². The molecule has 7 heteroatoms. The smallest absolute Gasteiger partial charge is 0.289 e. The summed E-state index contributed by atoms with van der Waals surface area (Å²) in [5.41, 5.74) is 0.743. The minimum atomic E-state index is -0.478. The van der Waals surface area contributed by atoms with E-state index in [2.05, 4.69) is 0 Å². The summed E-state index contributed by atoms with van der Waals surface area (Å²) in [6.45, 7) is 5.03. The highest BCUT2D eigenvalue weighted by Gasteiger charge is 2.34. The van der Waals surface area contributed by atoms with Gasteiger partial charge in [0.05, 0.1) is 19.1 Å². The number of furan rings is 1. The number of morpholine rings is 1. The molecule has 27 heavy (non-hydrogen) atoms. The first-order valence-electron chi connectivity index (χ1n) is 9.39. The molecule has 1 aromatic heterocycles. The van der Waals surface area contributed by atoms with E-state index in [1.807, 2.05) is 4.90 Å². The van der Waals surface area contributed by atoms with Gasteiger partial charge in [-0.05, 0) is 25.8 Å². The van der Waals surface area contributed by atoms with E-state index in [1.54, 1.807) is 24.0 Å². The number of ether oxygens (including phenoxy) is 1. The first kappa shape index (κ1) is 18.0. The van der Waals surface area contributed by atoms with E-state index >= 15 is 0 Å². The van der Waals surface area contributed by atoms with Crippen LogP contribution < -0.4 is 0 Å². The summed E-state index contributed by atoms with van der Waals surface area (Å²) in [5, 5.41) is 0.608. The van der Waals surface area contributed by atoms with Gasteiger partial charge in [-0.25, -0.2) is 4.39 Å². The standard InChI is InChI=1S/C20H23FN2O4/c1-13-15-5-2-6-16(21)18(15)27-17(13)20(25)23-7-3-4-14(12-23)19(24)22-8-10-26-11-9-22/h2,5-6,14H,3-4,7-12H2,1H3/t14-/m0/s1. The second-order valence-electron chi connectivity index (χ2n) is 7.20. The number of piperidine rings is 1. The number of para-hydroxylation sites is 1. The van der Waals surface area contributed by atoms with Crippen LogP contribution in [0, 0.1) is 18.7 Å². The van der Waals surface area contributed by atoms with Gasteiger partial charge in [0.15, 0.2) is 17.2 Å². The highest BCUT2D eigenvalue weighted by Crippen LogP contribution is 2.29. The van der Waals surface area contributed by atoms with Crippen LogP contribution in [0.4, 0.5) is 4.39 Å². The van der Waals surface area contributed by atoms with Gasteiger partial charge in [0.1, 0.15) is 0 Å². The molecule has 4 rings (SSSR count). The van der Waals surface area contributed by atoms with Crippen molar-refractivity contribution in [2.24, 2.45) is 5.92 Å². The third-order valence-corrected chi connectivity index (χ3v) is 5.49. The van der Waals surface area contributed by atoms with Gasteiger partial charge in [0, 0.05) is 37.1 Å². The quantitative estimate of drug-likeness (QED) is 0.811. The average molecular weight is 374 g/mol. The summed E-state index contributed by atoms with van der Waals surface area (Å²) in [5.74, 6) is -0.712. The van der Waals surface area contributed by atoms with Crippen molar-refractivity contribution in [3.8, 4) is 0 Å². The molecule has 2 aromatic rings. The van der Waals surface area contributed by atoms with Crippen LogP contribution in [0.1, 0.15) is 29.0 Å². The van der Waals surface area contributed by atoms with Crippen molar-refractivity contribution in [3.05, 3.63) is 35.3 Å². The molecule has 2 saturated heterocycles. The molecule has 0 bridgehead atoms. The first-order chi connectivity index (χ1) is 13.1. The molecule has 1 atom stereocenters. The average Bonchev–Trinajstić information content (AvgIpc) is 3.06. The number of carbonyl (C=O) groups is 2. The minimum absolute atomic E-state index is 0.0863. The van der Waals surface area contributed by atoms with Crippen LogP contribution in [-0.2, 0) is 9.53 Å². The fourth-order valence-electron chi connectivity index (χ4n) is 3.96. The summed E-state index contributed by atoms with van der Waals surface area (Å²) < 4.78 is 24.9. The lowest BCUT2D eigenvalue weighted by atomic mass is 9.96. The lowest BCUT2D eigenvalue weighted by Gasteiger charge is -2.36. The SMILES string of the molecule is Cc1c(C(=O)N2CCC[C@H](C(=O)N3CCOCC3)C2)oc2c(F)cccc12. The molecular formula is C20H23FN2O4. The Balaban J connectivity index is 1.53. The van der Waals surface area contributed by atoms with Gasteiger partial charge in [-0.1, -0.05) is 12.1 Å². The number of hydrogen-bond donors (Lipinski definition) is 0. The summed E-state index contributed by atoms with van der Waals surface area (Å²) in [6.07, 6.45) is 1.54. The maximum Gasteiger partial charge on any atom is 0.289 e. The van der Waals surface area contributed by atoms with Gasteiger partial charge in [-0.2, -0.15) is 0 Å². The van der Waals surface area contributed by atoms with Gasteiger partial charge < -0.3 is 19.0 Å². The van der Waals surface area contributed by atoms with Gasteiger partial charge in [0.25, 0.3) is 5.91 Å². The molecule has 0 N–H and O–H groups in total. The lowest BCUT2D eigenvalue weighted by molar-refractivity contribution is -0.141. The van der Waals surface area contributed by atoms with Gasteiger partial charge in [-0.3, -0.25) is 9.59 Å². The van der Waals surface area contributed by atoms with E-state index < -0.39 is 5.82 Å². The number of halogens is 1. The van der Waals surface area contributed by atoms with Crippen LogP contribution in [-0.4, -0.2) is 61.0 Å². The molecule has 1 aromatic carbocycles. The maximum absolute atomic E-state index is 14.0. The Hall–Kier alpha value is -2.41. The Morgan fingerprint density at radius 2 is 1.93 bits per heavy atom. The number of benzene rings is 1. The zero-order chi connectivity index (χ0) is 19.0. The Morgan fingerprint density at radius 1 is 1.15 bits per heavy atom. The zero-order valence-corrected chi connectivity index (χ0v) is 15.4. The number of fused-ring (bicyclic) bond motifs is 1. The van der Waals surface area contributed by atoms with Crippen molar-refractivity contribution in [1.29, 1.82) is 0 Å². The number of nitrogens with zero attached hydrogens (tertiary/aromatic N) is 2. The topological polar surface area (TPSA) is 63.0 Å². The Morgan fingerprint density at radius 3 is 2.67 bits per heavy atom. The van der Waals surface area contributed by atoms with Crippen molar-refractivity contribution in [2.75, 3.05) is 39.4 Å². The molecule has 6 nitrogen and oxygen atoms in total. The second-order valence-corrected chi connectivity index (χ2v) is 7.20. The van der Waals surface area contributed by atoms with Crippen LogP contribution in [0.5, 0.6) is 0 Å². The van der Waals surface area contributed by atoms with E-state index in [4.69, 9.17) is 9.15 Å². The monoisotopic (exact) mass is 374 g/mol.